The van der Waals surface area contributed by atoms with E-state index in [2.05, 4.69) is 4.90 Å². The second-order valence-electron chi connectivity index (χ2n) is 3.89. The van der Waals surface area contributed by atoms with Crippen LogP contribution in [0.15, 0.2) is 24.3 Å². The van der Waals surface area contributed by atoms with E-state index >= 15 is 0 Å². The number of rotatable bonds is 2. The molecule has 0 amide bonds. The van der Waals surface area contributed by atoms with Crippen LogP contribution in [0.25, 0.3) is 0 Å². The number of anilines is 1. The summed E-state index contributed by atoms with van der Waals surface area (Å²) < 4.78 is 24.9. The minimum Gasteiger partial charge on any atom is -0.370 e. The van der Waals surface area contributed by atoms with Crippen molar-refractivity contribution >= 4 is 5.69 Å². The van der Waals surface area contributed by atoms with Crippen molar-refractivity contribution in [2.75, 3.05) is 18.0 Å². The average Bonchev–Trinajstić information content (AvgIpc) is 2.65. The zero-order valence-electron chi connectivity index (χ0n) is 8.37. The van der Waals surface area contributed by atoms with Crippen molar-refractivity contribution in [1.82, 2.24) is 0 Å². The van der Waals surface area contributed by atoms with Crippen LogP contribution in [0.3, 0.4) is 0 Å². The van der Waals surface area contributed by atoms with E-state index < -0.39 is 6.43 Å². The molecule has 0 saturated carbocycles. The molecule has 2 nitrogen and oxygen atoms in total. The Morgan fingerprint density at radius 2 is 2.20 bits per heavy atom. The second kappa shape index (κ2) is 4.14. The summed E-state index contributed by atoms with van der Waals surface area (Å²) in [5.74, 6) is 0. The Bertz CT molecular complexity index is 341. The summed E-state index contributed by atoms with van der Waals surface area (Å²) in [6.07, 6.45) is -1.47. The van der Waals surface area contributed by atoms with Gasteiger partial charge in [-0.2, -0.15) is 0 Å². The van der Waals surface area contributed by atoms with Crippen LogP contribution in [0, 0.1) is 0 Å². The fraction of sp³-hybridized carbons (Fsp3) is 0.455. The molecule has 1 aromatic carbocycles. The molecule has 1 aromatic rings. The first-order chi connectivity index (χ1) is 7.16. The van der Waals surface area contributed by atoms with Gasteiger partial charge in [-0.05, 0) is 18.6 Å². The average molecular weight is 212 g/mol. The molecule has 4 heteroatoms. The molecule has 2 N–H and O–H groups in total. The molecule has 1 heterocycles. The van der Waals surface area contributed by atoms with Gasteiger partial charge >= 0.3 is 0 Å². The van der Waals surface area contributed by atoms with Gasteiger partial charge in [-0.1, -0.05) is 12.1 Å². The van der Waals surface area contributed by atoms with Crippen LogP contribution in [0.5, 0.6) is 0 Å². The molecule has 1 saturated heterocycles. The number of halogens is 2. The third-order valence-electron chi connectivity index (χ3n) is 2.71. The smallest absolute Gasteiger partial charge is 0.263 e. The molecule has 0 spiro atoms. The molecule has 1 fully saturated rings. The van der Waals surface area contributed by atoms with Gasteiger partial charge in [-0.15, -0.1) is 0 Å². The number of nitrogens with zero attached hydrogens (tertiary/aromatic N) is 1. The molecule has 0 bridgehead atoms. The maximum absolute atomic E-state index is 12.5. The highest BCUT2D eigenvalue weighted by Gasteiger charge is 2.20. The van der Waals surface area contributed by atoms with Crippen molar-refractivity contribution in [1.29, 1.82) is 0 Å². The molecule has 0 aliphatic carbocycles. The lowest BCUT2D eigenvalue weighted by atomic mass is 10.2. The van der Waals surface area contributed by atoms with Crippen LogP contribution in [0.2, 0.25) is 0 Å². The molecule has 82 valence electrons. The normalized spacial score (nSPS) is 21.3. The molecule has 0 unspecified atom stereocenters. The predicted molar refractivity (Wildman–Crippen MR) is 56.2 cm³/mol. The zero-order chi connectivity index (χ0) is 10.8. The Morgan fingerprint density at radius 1 is 1.40 bits per heavy atom. The van der Waals surface area contributed by atoms with Crippen LogP contribution in [0.4, 0.5) is 14.5 Å². The van der Waals surface area contributed by atoms with E-state index in [1.807, 2.05) is 6.07 Å². The summed E-state index contributed by atoms with van der Waals surface area (Å²) in [6, 6.07) is 6.68. The van der Waals surface area contributed by atoms with E-state index in [-0.39, 0.29) is 11.6 Å². The topological polar surface area (TPSA) is 29.3 Å². The van der Waals surface area contributed by atoms with Gasteiger partial charge < -0.3 is 10.6 Å². The Balaban J connectivity index is 2.18. The van der Waals surface area contributed by atoms with E-state index in [9.17, 15) is 8.78 Å². The Morgan fingerprint density at radius 3 is 2.80 bits per heavy atom. The third-order valence-corrected chi connectivity index (χ3v) is 2.71. The summed E-state index contributed by atoms with van der Waals surface area (Å²) in [4.78, 5) is 2.05. The fourth-order valence-corrected chi connectivity index (χ4v) is 1.88. The van der Waals surface area contributed by atoms with Crippen LogP contribution >= 0.6 is 0 Å². The highest BCUT2D eigenvalue weighted by molar-refractivity contribution is 5.50. The quantitative estimate of drug-likeness (QED) is 0.814. The summed E-state index contributed by atoms with van der Waals surface area (Å²) >= 11 is 0. The molecule has 1 aliphatic rings. The van der Waals surface area contributed by atoms with Crippen LogP contribution in [-0.2, 0) is 0 Å². The van der Waals surface area contributed by atoms with E-state index in [1.54, 1.807) is 12.1 Å². The Labute approximate surface area is 87.7 Å². The van der Waals surface area contributed by atoms with Crippen molar-refractivity contribution in [3.05, 3.63) is 29.8 Å². The molecule has 1 atom stereocenters. The fourth-order valence-electron chi connectivity index (χ4n) is 1.88. The SMILES string of the molecule is N[C@@H]1CCN(c2cccc(C(F)F)c2)C1. The van der Waals surface area contributed by atoms with E-state index in [0.29, 0.717) is 0 Å². The molecular weight excluding hydrogens is 198 g/mol. The van der Waals surface area contributed by atoms with E-state index in [1.165, 1.54) is 6.07 Å². The van der Waals surface area contributed by atoms with Crippen LogP contribution in [0.1, 0.15) is 18.4 Å². The largest absolute Gasteiger partial charge is 0.370 e. The zero-order valence-corrected chi connectivity index (χ0v) is 8.37. The van der Waals surface area contributed by atoms with Gasteiger partial charge in [0.25, 0.3) is 6.43 Å². The Kier molecular flexibility index (Phi) is 2.86. The maximum atomic E-state index is 12.5. The monoisotopic (exact) mass is 212 g/mol. The molecule has 0 aromatic heterocycles. The minimum absolute atomic E-state index is 0.0768. The summed E-state index contributed by atoms with van der Waals surface area (Å²) in [6.45, 7) is 1.61. The lowest BCUT2D eigenvalue weighted by Gasteiger charge is -2.18. The number of hydrogen-bond donors (Lipinski definition) is 1. The lowest BCUT2D eigenvalue weighted by Crippen LogP contribution is -2.26. The van der Waals surface area contributed by atoms with Gasteiger partial charge in [-0.3, -0.25) is 0 Å². The highest BCUT2D eigenvalue weighted by Crippen LogP contribution is 2.25. The standard InChI is InChI=1S/C11H14F2N2/c12-11(13)8-2-1-3-10(6-8)15-5-4-9(14)7-15/h1-3,6,9,11H,4-5,7,14H2/t9-/m1/s1. The van der Waals surface area contributed by atoms with Crippen molar-refractivity contribution < 1.29 is 8.78 Å². The first-order valence-electron chi connectivity index (χ1n) is 5.05. The van der Waals surface area contributed by atoms with Crippen molar-refractivity contribution in [2.45, 2.75) is 18.9 Å². The first-order valence-corrected chi connectivity index (χ1v) is 5.05. The van der Waals surface area contributed by atoms with Gasteiger partial charge in [0.15, 0.2) is 0 Å². The minimum atomic E-state index is -2.40. The summed E-state index contributed by atoms with van der Waals surface area (Å²) in [5, 5.41) is 0. The van der Waals surface area contributed by atoms with Crippen molar-refractivity contribution in [3.63, 3.8) is 0 Å². The molecular formula is C11H14F2N2. The van der Waals surface area contributed by atoms with Crippen molar-refractivity contribution in [2.24, 2.45) is 5.73 Å². The number of hydrogen-bond acceptors (Lipinski definition) is 2. The van der Waals surface area contributed by atoms with Crippen LogP contribution in [-0.4, -0.2) is 19.1 Å². The number of alkyl halides is 2. The first kappa shape index (κ1) is 10.4. The predicted octanol–water partition coefficient (Wildman–Crippen LogP) is 2.16. The molecule has 15 heavy (non-hydrogen) atoms. The third kappa shape index (κ3) is 2.26. The summed E-state index contributed by atoms with van der Waals surface area (Å²) in [5.41, 5.74) is 6.70. The second-order valence-corrected chi connectivity index (χ2v) is 3.89. The van der Waals surface area contributed by atoms with Crippen molar-refractivity contribution in [3.8, 4) is 0 Å². The number of benzene rings is 1. The maximum Gasteiger partial charge on any atom is 0.263 e. The lowest BCUT2D eigenvalue weighted by molar-refractivity contribution is 0.151. The van der Waals surface area contributed by atoms with E-state index in [4.69, 9.17) is 5.73 Å². The van der Waals surface area contributed by atoms with Gasteiger partial charge in [0.05, 0.1) is 0 Å². The Hall–Kier alpha value is -1.16. The van der Waals surface area contributed by atoms with E-state index in [0.717, 1.165) is 25.2 Å². The van der Waals surface area contributed by atoms with Gasteiger partial charge in [0.1, 0.15) is 0 Å². The molecule has 0 radical (unpaired) electrons. The summed E-state index contributed by atoms with van der Waals surface area (Å²) in [7, 11) is 0. The molecule has 2 rings (SSSR count). The van der Waals surface area contributed by atoms with Gasteiger partial charge in [-0.25, -0.2) is 8.78 Å². The molecule has 1 aliphatic heterocycles. The highest BCUT2D eigenvalue weighted by atomic mass is 19.3. The van der Waals surface area contributed by atoms with Gasteiger partial charge in [0, 0.05) is 30.4 Å². The van der Waals surface area contributed by atoms with Crippen LogP contribution < -0.4 is 10.6 Å². The number of nitrogens with two attached hydrogens (primary N) is 1. The van der Waals surface area contributed by atoms with Gasteiger partial charge in [0.2, 0.25) is 0 Å².